The third-order valence-corrected chi connectivity index (χ3v) is 4.51. The fourth-order valence-electron chi connectivity index (χ4n) is 2.26. The van der Waals surface area contributed by atoms with Crippen LogP contribution in [0.15, 0.2) is 0 Å². The van der Waals surface area contributed by atoms with E-state index in [0.717, 1.165) is 25.7 Å². The molecule has 0 bridgehead atoms. The van der Waals surface area contributed by atoms with Gasteiger partial charge in [0.25, 0.3) is 0 Å². The summed E-state index contributed by atoms with van der Waals surface area (Å²) < 4.78 is 25.7. The van der Waals surface area contributed by atoms with Gasteiger partial charge in [0.05, 0.1) is 12.4 Å². The number of rotatable bonds is 5. The largest absolute Gasteiger partial charge is 0.395 e. The maximum Gasteiger partial charge on any atom is 0.214 e. The smallest absolute Gasteiger partial charge is 0.214 e. The number of aliphatic hydroxyl groups excluding tert-OH is 1. The number of nitrogens with one attached hydrogen (secondary N) is 1. The van der Waals surface area contributed by atoms with Crippen molar-refractivity contribution in [2.75, 3.05) is 12.4 Å². The first-order valence-corrected chi connectivity index (χ1v) is 7.35. The van der Waals surface area contributed by atoms with Gasteiger partial charge in [-0.05, 0) is 18.8 Å². The second-order valence-corrected chi connectivity index (χ2v) is 6.09. The molecule has 2 unspecified atom stereocenters. The Bertz CT molecular complexity index is 276. The average molecular weight is 235 g/mol. The van der Waals surface area contributed by atoms with E-state index in [-0.39, 0.29) is 18.4 Å². The Labute approximate surface area is 92.1 Å². The molecule has 0 spiro atoms. The van der Waals surface area contributed by atoms with Gasteiger partial charge in [0.2, 0.25) is 10.0 Å². The van der Waals surface area contributed by atoms with Gasteiger partial charge in [-0.3, -0.25) is 0 Å². The molecule has 1 saturated carbocycles. The minimum Gasteiger partial charge on any atom is -0.395 e. The summed E-state index contributed by atoms with van der Waals surface area (Å²) in [6, 6.07) is 0.0836. The minimum atomic E-state index is -3.27. The molecule has 0 amide bonds. The van der Waals surface area contributed by atoms with Crippen LogP contribution in [0.5, 0.6) is 0 Å². The van der Waals surface area contributed by atoms with Crippen LogP contribution in [0.25, 0.3) is 0 Å². The third kappa shape index (κ3) is 4.09. The van der Waals surface area contributed by atoms with Crippen LogP contribution in [-0.4, -0.2) is 31.9 Å². The molecule has 2 N–H and O–H groups in total. The monoisotopic (exact) mass is 235 g/mol. The van der Waals surface area contributed by atoms with E-state index in [1.54, 1.807) is 0 Å². The minimum absolute atomic E-state index is 0.0836. The van der Waals surface area contributed by atoms with Gasteiger partial charge in [0, 0.05) is 6.04 Å². The number of hydrogen-bond acceptors (Lipinski definition) is 3. The van der Waals surface area contributed by atoms with Gasteiger partial charge in [-0.1, -0.05) is 26.2 Å². The Hall–Kier alpha value is -0.130. The third-order valence-electron chi connectivity index (χ3n) is 3.12. The average Bonchev–Trinajstić information content (AvgIpc) is 2.17. The molecule has 0 aromatic carbocycles. The van der Waals surface area contributed by atoms with Gasteiger partial charge >= 0.3 is 0 Å². The van der Waals surface area contributed by atoms with Gasteiger partial charge in [0.1, 0.15) is 0 Å². The van der Waals surface area contributed by atoms with Crippen molar-refractivity contribution in [2.45, 2.75) is 45.1 Å². The summed E-state index contributed by atoms with van der Waals surface area (Å²) in [5.74, 6) is 0.284. The predicted molar refractivity (Wildman–Crippen MR) is 60.0 cm³/mol. The Morgan fingerprint density at radius 3 is 2.60 bits per heavy atom. The summed E-state index contributed by atoms with van der Waals surface area (Å²) in [5.41, 5.74) is 0. The second kappa shape index (κ2) is 5.82. The molecule has 1 fully saturated rings. The van der Waals surface area contributed by atoms with Crippen LogP contribution in [0.2, 0.25) is 0 Å². The molecule has 1 aliphatic rings. The van der Waals surface area contributed by atoms with Crippen LogP contribution in [-0.2, 0) is 10.0 Å². The molecule has 0 radical (unpaired) electrons. The van der Waals surface area contributed by atoms with Gasteiger partial charge in [0.15, 0.2) is 0 Å². The maximum absolute atomic E-state index is 11.5. The van der Waals surface area contributed by atoms with Crippen molar-refractivity contribution in [1.29, 1.82) is 0 Å². The van der Waals surface area contributed by atoms with Crippen molar-refractivity contribution in [1.82, 2.24) is 4.72 Å². The van der Waals surface area contributed by atoms with Crippen LogP contribution in [0.3, 0.4) is 0 Å². The molecule has 1 rings (SSSR count). The summed E-state index contributed by atoms with van der Waals surface area (Å²) in [6.45, 7) is 1.79. The number of sulfonamides is 1. The van der Waals surface area contributed by atoms with Gasteiger partial charge in [-0.25, -0.2) is 13.1 Å². The van der Waals surface area contributed by atoms with Crippen molar-refractivity contribution in [3.63, 3.8) is 0 Å². The zero-order valence-electron chi connectivity index (χ0n) is 9.28. The van der Waals surface area contributed by atoms with Crippen molar-refractivity contribution >= 4 is 10.0 Å². The first kappa shape index (κ1) is 12.9. The second-order valence-electron chi connectivity index (χ2n) is 4.22. The molecule has 1 aliphatic carbocycles. The van der Waals surface area contributed by atoms with Crippen LogP contribution in [0.4, 0.5) is 0 Å². The molecule has 4 nitrogen and oxygen atoms in total. The number of aliphatic hydroxyl groups is 1. The molecule has 0 aromatic rings. The molecule has 0 aromatic heterocycles. The quantitative estimate of drug-likeness (QED) is 0.743. The maximum atomic E-state index is 11.5. The van der Waals surface area contributed by atoms with E-state index >= 15 is 0 Å². The van der Waals surface area contributed by atoms with Gasteiger partial charge in [-0.2, -0.15) is 0 Å². The highest BCUT2D eigenvalue weighted by Gasteiger charge is 2.27. The summed E-state index contributed by atoms with van der Waals surface area (Å²) in [4.78, 5) is 0. The zero-order chi connectivity index (χ0) is 11.3. The fourth-order valence-corrected chi connectivity index (χ4v) is 3.39. The standard InChI is InChI=1S/C10H21NO3S/c1-2-9-5-3-4-6-10(9)11-15(13,14)8-7-12/h9-12H,2-8H2,1H3. The lowest BCUT2D eigenvalue weighted by Gasteiger charge is -2.31. The molecule has 0 aliphatic heterocycles. The SMILES string of the molecule is CCC1CCCCC1NS(=O)(=O)CCO. The molecule has 2 atom stereocenters. The lowest BCUT2D eigenvalue weighted by atomic mass is 9.83. The van der Waals surface area contributed by atoms with Crippen molar-refractivity contribution < 1.29 is 13.5 Å². The van der Waals surface area contributed by atoms with Crippen LogP contribution in [0.1, 0.15) is 39.0 Å². The molecule has 0 saturated heterocycles. The Morgan fingerprint density at radius 2 is 2.00 bits per heavy atom. The van der Waals surface area contributed by atoms with E-state index in [1.165, 1.54) is 6.42 Å². The fraction of sp³-hybridized carbons (Fsp3) is 1.00. The van der Waals surface area contributed by atoms with E-state index < -0.39 is 10.0 Å². The van der Waals surface area contributed by atoms with Crippen molar-refractivity contribution in [3.05, 3.63) is 0 Å². The lowest BCUT2D eigenvalue weighted by molar-refractivity contribution is 0.280. The molecule has 90 valence electrons. The van der Waals surface area contributed by atoms with E-state index in [1.807, 2.05) is 0 Å². The normalized spacial score (nSPS) is 27.9. The molecule has 5 heteroatoms. The zero-order valence-corrected chi connectivity index (χ0v) is 10.1. The molecule has 0 heterocycles. The molecular weight excluding hydrogens is 214 g/mol. The highest BCUT2D eigenvalue weighted by atomic mass is 32.2. The molecular formula is C10H21NO3S. The Balaban J connectivity index is 2.54. The first-order valence-electron chi connectivity index (χ1n) is 5.70. The van der Waals surface area contributed by atoms with E-state index in [0.29, 0.717) is 5.92 Å². The van der Waals surface area contributed by atoms with Gasteiger partial charge in [-0.15, -0.1) is 0 Å². The Kier molecular flexibility index (Phi) is 5.02. The van der Waals surface area contributed by atoms with Crippen LogP contribution in [0, 0.1) is 5.92 Å². The van der Waals surface area contributed by atoms with E-state index in [2.05, 4.69) is 11.6 Å². The van der Waals surface area contributed by atoms with Crippen molar-refractivity contribution in [3.8, 4) is 0 Å². The van der Waals surface area contributed by atoms with Crippen LogP contribution >= 0.6 is 0 Å². The Morgan fingerprint density at radius 1 is 1.33 bits per heavy atom. The van der Waals surface area contributed by atoms with E-state index in [4.69, 9.17) is 5.11 Å². The summed E-state index contributed by atoms with van der Waals surface area (Å²) in [5, 5.41) is 8.64. The topological polar surface area (TPSA) is 66.4 Å². The highest BCUT2D eigenvalue weighted by Crippen LogP contribution is 2.27. The van der Waals surface area contributed by atoms with Crippen molar-refractivity contribution in [2.24, 2.45) is 5.92 Å². The van der Waals surface area contributed by atoms with Crippen LogP contribution < -0.4 is 4.72 Å². The lowest BCUT2D eigenvalue weighted by Crippen LogP contribution is -2.43. The van der Waals surface area contributed by atoms with E-state index in [9.17, 15) is 8.42 Å². The first-order chi connectivity index (χ1) is 7.09. The summed E-state index contributed by atoms with van der Waals surface area (Å²) in [7, 11) is -3.27. The predicted octanol–water partition coefficient (Wildman–Crippen LogP) is 0.867. The summed E-state index contributed by atoms with van der Waals surface area (Å²) >= 11 is 0. The van der Waals surface area contributed by atoms with Gasteiger partial charge < -0.3 is 5.11 Å². The number of hydrogen-bond donors (Lipinski definition) is 2. The highest BCUT2D eigenvalue weighted by molar-refractivity contribution is 7.89. The molecule has 15 heavy (non-hydrogen) atoms. The summed E-state index contributed by atoms with van der Waals surface area (Å²) in [6.07, 6.45) is 5.37.